The molecule has 27 heavy (non-hydrogen) atoms. The number of aryl methyl sites for hydroxylation is 1. The van der Waals surface area contributed by atoms with Crippen LogP contribution in [-0.4, -0.2) is 16.8 Å². The number of amides is 2. The molecule has 5 heteroatoms. The zero-order valence-corrected chi connectivity index (χ0v) is 15.7. The standard InChI is InChI=1S/C22H23N3O2/c1-15-7-4-8-16(13-15)14-24-20(26)22(2,3)21(27)25-18-11-5-9-17-10-6-12-23-19(17)18/h4-13H,14H2,1-3H3,(H,24,26)(H,25,27). The van der Waals surface area contributed by atoms with Gasteiger partial charge < -0.3 is 10.6 Å². The molecule has 0 saturated heterocycles. The maximum absolute atomic E-state index is 12.8. The topological polar surface area (TPSA) is 71.1 Å². The van der Waals surface area contributed by atoms with Crippen molar-refractivity contribution in [2.45, 2.75) is 27.3 Å². The molecule has 0 atom stereocenters. The van der Waals surface area contributed by atoms with Crippen molar-refractivity contribution in [3.63, 3.8) is 0 Å². The maximum atomic E-state index is 12.8. The van der Waals surface area contributed by atoms with E-state index in [1.807, 2.05) is 55.5 Å². The molecule has 2 aromatic carbocycles. The highest BCUT2D eigenvalue weighted by Gasteiger charge is 2.36. The van der Waals surface area contributed by atoms with Gasteiger partial charge in [0.25, 0.3) is 0 Å². The van der Waals surface area contributed by atoms with Gasteiger partial charge in [-0.2, -0.15) is 0 Å². The lowest BCUT2D eigenvalue weighted by Gasteiger charge is -2.23. The first-order valence-electron chi connectivity index (χ1n) is 8.87. The molecule has 0 aliphatic heterocycles. The Kier molecular flexibility index (Phi) is 5.21. The second kappa shape index (κ2) is 7.58. The van der Waals surface area contributed by atoms with Crippen molar-refractivity contribution in [3.8, 4) is 0 Å². The minimum Gasteiger partial charge on any atom is -0.351 e. The van der Waals surface area contributed by atoms with Crippen molar-refractivity contribution in [3.05, 3.63) is 71.9 Å². The quantitative estimate of drug-likeness (QED) is 0.679. The molecule has 1 heterocycles. The van der Waals surface area contributed by atoms with Gasteiger partial charge in [0.15, 0.2) is 0 Å². The summed E-state index contributed by atoms with van der Waals surface area (Å²) in [6, 6.07) is 17.2. The zero-order chi connectivity index (χ0) is 19.4. The Morgan fingerprint density at radius 1 is 1.00 bits per heavy atom. The van der Waals surface area contributed by atoms with Crippen molar-refractivity contribution in [2.75, 3.05) is 5.32 Å². The summed E-state index contributed by atoms with van der Waals surface area (Å²) in [5, 5.41) is 6.63. The fourth-order valence-electron chi connectivity index (χ4n) is 2.81. The van der Waals surface area contributed by atoms with Gasteiger partial charge in [0, 0.05) is 18.1 Å². The number of rotatable bonds is 5. The van der Waals surface area contributed by atoms with E-state index in [9.17, 15) is 9.59 Å². The van der Waals surface area contributed by atoms with Crippen molar-refractivity contribution < 1.29 is 9.59 Å². The molecule has 2 N–H and O–H groups in total. The van der Waals surface area contributed by atoms with Gasteiger partial charge in [-0.3, -0.25) is 14.6 Å². The minimum atomic E-state index is -1.22. The molecule has 0 aliphatic carbocycles. The van der Waals surface area contributed by atoms with Gasteiger partial charge >= 0.3 is 0 Å². The lowest BCUT2D eigenvalue weighted by molar-refractivity contribution is -0.138. The normalized spacial score (nSPS) is 11.2. The number of benzene rings is 2. The van der Waals surface area contributed by atoms with E-state index in [2.05, 4.69) is 15.6 Å². The number of carbonyl (C=O) groups is 2. The van der Waals surface area contributed by atoms with Crippen molar-refractivity contribution in [1.82, 2.24) is 10.3 Å². The van der Waals surface area contributed by atoms with Crippen LogP contribution in [0.3, 0.4) is 0 Å². The van der Waals surface area contributed by atoms with Gasteiger partial charge in [-0.1, -0.05) is 48.0 Å². The first-order valence-corrected chi connectivity index (χ1v) is 8.87. The summed E-state index contributed by atoms with van der Waals surface area (Å²) in [5.74, 6) is -0.697. The molecule has 0 unspecified atom stereocenters. The number of fused-ring (bicyclic) bond motifs is 1. The highest BCUT2D eigenvalue weighted by molar-refractivity contribution is 6.12. The van der Waals surface area contributed by atoms with Gasteiger partial charge in [0.2, 0.25) is 11.8 Å². The number of hydrogen-bond donors (Lipinski definition) is 2. The van der Waals surface area contributed by atoms with E-state index < -0.39 is 5.41 Å². The summed E-state index contributed by atoms with van der Waals surface area (Å²) < 4.78 is 0. The van der Waals surface area contributed by atoms with Crippen LogP contribution in [0.5, 0.6) is 0 Å². The smallest absolute Gasteiger partial charge is 0.239 e. The Bertz CT molecular complexity index is 990. The summed E-state index contributed by atoms with van der Waals surface area (Å²) in [5.41, 5.74) is 2.20. The Morgan fingerprint density at radius 3 is 2.52 bits per heavy atom. The van der Waals surface area contributed by atoms with E-state index in [0.29, 0.717) is 17.7 Å². The van der Waals surface area contributed by atoms with Crippen LogP contribution in [0.2, 0.25) is 0 Å². The highest BCUT2D eigenvalue weighted by Crippen LogP contribution is 2.24. The number of pyridine rings is 1. The highest BCUT2D eigenvalue weighted by atomic mass is 16.2. The molecule has 0 spiro atoms. The van der Waals surface area contributed by atoms with E-state index in [1.54, 1.807) is 26.1 Å². The second-order valence-corrected chi connectivity index (χ2v) is 7.13. The number of nitrogens with one attached hydrogen (secondary N) is 2. The minimum absolute atomic E-state index is 0.324. The second-order valence-electron chi connectivity index (χ2n) is 7.13. The molecule has 0 fully saturated rings. The van der Waals surface area contributed by atoms with Gasteiger partial charge in [0.1, 0.15) is 5.41 Å². The van der Waals surface area contributed by atoms with Crippen molar-refractivity contribution in [2.24, 2.45) is 5.41 Å². The predicted molar refractivity (Wildman–Crippen MR) is 107 cm³/mol. The summed E-state index contributed by atoms with van der Waals surface area (Å²) in [6.45, 7) is 5.62. The molecule has 2 amide bonds. The van der Waals surface area contributed by atoms with Crippen LogP contribution in [0.4, 0.5) is 5.69 Å². The summed E-state index contributed by atoms with van der Waals surface area (Å²) >= 11 is 0. The van der Waals surface area contributed by atoms with Crippen LogP contribution in [0.25, 0.3) is 10.9 Å². The Morgan fingerprint density at radius 2 is 1.74 bits per heavy atom. The van der Waals surface area contributed by atoms with Crippen LogP contribution in [-0.2, 0) is 16.1 Å². The third kappa shape index (κ3) is 4.14. The predicted octanol–water partition coefficient (Wildman–Crippen LogP) is 3.82. The zero-order valence-electron chi connectivity index (χ0n) is 15.7. The number of anilines is 1. The molecule has 3 rings (SSSR count). The summed E-state index contributed by atoms with van der Waals surface area (Å²) in [6.07, 6.45) is 1.68. The lowest BCUT2D eigenvalue weighted by Crippen LogP contribution is -2.44. The SMILES string of the molecule is Cc1cccc(CNC(=O)C(C)(C)C(=O)Nc2cccc3cccnc23)c1. The molecule has 0 bridgehead atoms. The van der Waals surface area contributed by atoms with Crippen LogP contribution in [0.1, 0.15) is 25.0 Å². The molecule has 5 nitrogen and oxygen atoms in total. The van der Waals surface area contributed by atoms with Crippen LogP contribution >= 0.6 is 0 Å². The van der Waals surface area contributed by atoms with Crippen LogP contribution in [0.15, 0.2) is 60.8 Å². The van der Waals surface area contributed by atoms with E-state index in [0.717, 1.165) is 16.5 Å². The molecular weight excluding hydrogens is 338 g/mol. The number of carbonyl (C=O) groups excluding carboxylic acids is 2. The average molecular weight is 361 g/mol. The van der Waals surface area contributed by atoms with E-state index in [1.165, 1.54) is 0 Å². The lowest BCUT2D eigenvalue weighted by atomic mass is 9.90. The largest absolute Gasteiger partial charge is 0.351 e. The first-order chi connectivity index (χ1) is 12.9. The maximum Gasteiger partial charge on any atom is 0.239 e. The third-order valence-corrected chi connectivity index (χ3v) is 4.55. The summed E-state index contributed by atoms with van der Waals surface area (Å²) in [7, 11) is 0. The van der Waals surface area contributed by atoms with Gasteiger partial charge in [-0.05, 0) is 38.5 Å². The fraction of sp³-hybridized carbons (Fsp3) is 0.227. The van der Waals surface area contributed by atoms with Crippen molar-refractivity contribution in [1.29, 1.82) is 0 Å². The van der Waals surface area contributed by atoms with Gasteiger partial charge in [-0.25, -0.2) is 0 Å². The number of nitrogens with zero attached hydrogens (tertiary/aromatic N) is 1. The van der Waals surface area contributed by atoms with Gasteiger partial charge in [0.05, 0.1) is 11.2 Å². The van der Waals surface area contributed by atoms with Crippen molar-refractivity contribution >= 4 is 28.4 Å². The Labute approximate surface area is 158 Å². The van der Waals surface area contributed by atoms with Crippen LogP contribution < -0.4 is 10.6 Å². The third-order valence-electron chi connectivity index (χ3n) is 4.55. The summed E-state index contributed by atoms with van der Waals surface area (Å²) in [4.78, 5) is 29.7. The molecular formula is C22H23N3O2. The molecule has 1 aromatic heterocycles. The Balaban J connectivity index is 1.71. The number of hydrogen-bond acceptors (Lipinski definition) is 3. The molecule has 0 radical (unpaired) electrons. The number of aromatic nitrogens is 1. The average Bonchev–Trinajstić information content (AvgIpc) is 2.66. The van der Waals surface area contributed by atoms with E-state index in [-0.39, 0.29) is 11.8 Å². The monoisotopic (exact) mass is 361 g/mol. The van der Waals surface area contributed by atoms with Crippen LogP contribution in [0, 0.1) is 12.3 Å². The molecule has 3 aromatic rings. The molecule has 138 valence electrons. The Hall–Kier alpha value is -3.21. The van der Waals surface area contributed by atoms with E-state index in [4.69, 9.17) is 0 Å². The number of para-hydroxylation sites is 1. The first kappa shape index (κ1) is 18.6. The molecule has 0 aliphatic rings. The molecule has 0 saturated carbocycles. The fourth-order valence-corrected chi connectivity index (χ4v) is 2.81. The van der Waals surface area contributed by atoms with Gasteiger partial charge in [-0.15, -0.1) is 0 Å². The van der Waals surface area contributed by atoms with E-state index >= 15 is 0 Å².